The SMILES string of the molecule is O=C1CCCC2(CCc3ccccc32)C1. The summed E-state index contributed by atoms with van der Waals surface area (Å²) in [4.78, 5) is 11.6. The van der Waals surface area contributed by atoms with Gasteiger partial charge in [0.1, 0.15) is 5.78 Å². The van der Waals surface area contributed by atoms with Crippen molar-refractivity contribution in [3.63, 3.8) is 0 Å². The van der Waals surface area contributed by atoms with Crippen LogP contribution < -0.4 is 0 Å². The van der Waals surface area contributed by atoms with Gasteiger partial charge in [-0.15, -0.1) is 0 Å². The van der Waals surface area contributed by atoms with Crippen molar-refractivity contribution in [3.8, 4) is 0 Å². The summed E-state index contributed by atoms with van der Waals surface area (Å²) in [5.41, 5.74) is 3.18. The van der Waals surface area contributed by atoms with Crippen LogP contribution in [0.25, 0.3) is 0 Å². The zero-order valence-electron chi connectivity index (χ0n) is 8.96. The molecule has 2 aliphatic rings. The van der Waals surface area contributed by atoms with Gasteiger partial charge in [-0.05, 0) is 36.8 Å². The summed E-state index contributed by atoms with van der Waals surface area (Å²) in [7, 11) is 0. The Morgan fingerprint density at radius 2 is 1.93 bits per heavy atom. The number of fused-ring (bicyclic) bond motifs is 2. The first-order valence-corrected chi connectivity index (χ1v) is 5.90. The number of Topliss-reactive ketones (excluding diaryl/α,β-unsaturated/α-hetero) is 1. The maximum absolute atomic E-state index is 11.6. The minimum Gasteiger partial charge on any atom is -0.300 e. The van der Waals surface area contributed by atoms with Gasteiger partial charge in [-0.3, -0.25) is 4.79 Å². The Kier molecular flexibility index (Phi) is 1.95. The average molecular weight is 200 g/mol. The monoisotopic (exact) mass is 200 g/mol. The van der Waals surface area contributed by atoms with E-state index >= 15 is 0 Å². The first-order valence-electron chi connectivity index (χ1n) is 5.90. The minimum absolute atomic E-state index is 0.228. The Morgan fingerprint density at radius 3 is 2.80 bits per heavy atom. The van der Waals surface area contributed by atoms with E-state index in [0.29, 0.717) is 5.78 Å². The number of carbonyl (C=O) groups is 1. The topological polar surface area (TPSA) is 17.1 Å². The fourth-order valence-corrected chi connectivity index (χ4v) is 3.39. The summed E-state index contributed by atoms with van der Waals surface area (Å²) in [5, 5.41) is 0. The fraction of sp³-hybridized carbons (Fsp3) is 0.500. The molecule has 0 N–H and O–H groups in total. The van der Waals surface area contributed by atoms with Gasteiger partial charge in [-0.25, -0.2) is 0 Å². The van der Waals surface area contributed by atoms with Crippen molar-refractivity contribution in [1.29, 1.82) is 0 Å². The number of aryl methyl sites for hydroxylation is 1. The van der Waals surface area contributed by atoms with Crippen LogP contribution in [0.1, 0.15) is 43.2 Å². The third-order valence-electron chi connectivity index (χ3n) is 4.11. The van der Waals surface area contributed by atoms with E-state index < -0.39 is 0 Å². The molecule has 1 fully saturated rings. The minimum atomic E-state index is 0.228. The van der Waals surface area contributed by atoms with Crippen molar-refractivity contribution < 1.29 is 4.79 Å². The highest BCUT2D eigenvalue weighted by atomic mass is 16.1. The van der Waals surface area contributed by atoms with Crippen molar-refractivity contribution in [2.45, 2.75) is 43.9 Å². The Hall–Kier alpha value is -1.11. The number of hydrogen-bond acceptors (Lipinski definition) is 1. The molecule has 1 aromatic carbocycles. The first kappa shape index (κ1) is 9.14. The smallest absolute Gasteiger partial charge is 0.133 e. The Balaban J connectivity index is 2.04. The highest BCUT2D eigenvalue weighted by molar-refractivity contribution is 5.81. The Bertz CT molecular complexity index is 404. The van der Waals surface area contributed by atoms with Crippen LogP contribution in [-0.2, 0) is 16.6 Å². The molecule has 0 saturated heterocycles. The van der Waals surface area contributed by atoms with Crippen LogP contribution in [0.4, 0.5) is 0 Å². The number of carbonyl (C=O) groups excluding carboxylic acids is 1. The van der Waals surface area contributed by atoms with Crippen molar-refractivity contribution in [1.82, 2.24) is 0 Å². The highest BCUT2D eigenvalue weighted by Crippen LogP contribution is 2.47. The van der Waals surface area contributed by atoms with Gasteiger partial charge in [0.2, 0.25) is 0 Å². The molecular weight excluding hydrogens is 184 g/mol. The van der Waals surface area contributed by atoms with Gasteiger partial charge in [0.25, 0.3) is 0 Å². The van der Waals surface area contributed by atoms with E-state index in [0.717, 1.165) is 19.3 Å². The van der Waals surface area contributed by atoms with Crippen LogP contribution in [0.2, 0.25) is 0 Å². The van der Waals surface area contributed by atoms with Gasteiger partial charge in [0, 0.05) is 18.3 Å². The van der Waals surface area contributed by atoms with Gasteiger partial charge in [0.05, 0.1) is 0 Å². The molecule has 0 amide bonds. The van der Waals surface area contributed by atoms with Crippen LogP contribution >= 0.6 is 0 Å². The molecule has 0 aromatic heterocycles. The van der Waals surface area contributed by atoms with Crippen molar-refractivity contribution in [2.75, 3.05) is 0 Å². The lowest BCUT2D eigenvalue weighted by atomic mass is 9.70. The highest BCUT2D eigenvalue weighted by Gasteiger charge is 2.41. The summed E-state index contributed by atoms with van der Waals surface area (Å²) in [6.45, 7) is 0. The lowest BCUT2D eigenvalue weighted by molar-refractivity contribution is -0.122. The average Bonchev–Trinajstić information content (AvgIpc) is 2.59. The van der Waals surface area contributed by atoms with Crippen LogP contribution in [0.5, 0.6) is 0 Å². The second-order valence-corrected chi connectivity index (χ2v) is 5.01. The standard InChI is InChI=1S/C14H16O/c15-12-5-3-8-14(10-12)9-7-11-4-1-2-6-13(11)14/h1-2,4,6H,3,5,7-10H2. The quantitative estimate of drug-likeness (QED) is 0.629. The lowest BCUT2D eigenvalue weighted by Crippen LogP contribution is -2.30. The van der Waals surface area contributed by atoms with Crippen LogP contribution in [0.15, 0.2) is 24.3 Å². The summed E-state index contributed by atoms with van der Waals surface area (Å²) < 4.78 is 0. The summed E-state index contributed by atoms with van der Waals surface area (Å²) >= 11 is 0. The molecule has 1 spiro atoms. The third-order valence-corrected chi connectivity index (χ3v) is 4.11. The van der Waals surface area contributed by atoms with Crippen molar-refractivity contribution >= 4 is 5.78 Å². The molecule has 0 radical (unpaired) electrons. The summed E-state index contributed by atoms with van der Waals surface area (Å²) in [6, 6.07) is 8.69. The van der Waals surface area contributed by atoms with E-state index in [1.165, 1.54) is 30.4 Å². The number of benzene rings is 1. The predicted molar refractivity (Wildman–Crippen MR) is 59.9 cm³/mol. The van der Waals surface area contributed by atoms with Crippen LogP contribution in [-0.4, -0.2) is 5.78 Å². The van der Waals surface area contributed by atoms with E-state index in [1.807, 2.05) is 0 Å². The summed E-state index contributed by atoms with van der Waals surface area (Å²) in [5.74, 6) is 0.470. The Labute approximate surface area is 90.5 Å². The molecule has 0 aliphatic heterocycles. The molecule has 1 saturated carbocycles. The molecule has 3 rings (SSSR count). The van der Waals surface area contributed by atoms with E-state index in [4.69, 9.17) is 0 Å². The fourth-order valence-electron chi connectivity index (χ4n) is 3.39. The molecule has 15 heavy (non-hydrogen) atoms. The van der Waals surface area contributed by atoms with Gasteiger partial charge in [0.15, 0.2) is 0 Å². The van der Waals surface area contributed by atoms with Crippen LogP contribution in [0.3, 0.4) is 0 Å². The zero-order valence-corrected chi connectivity index (χ0v) is 8.96. The van der Waals surface area contributed by atoms with Crippen molar-refractivity contribution in [3.05, 3.63) is 35.4 Å². The molecular formula is C14H16O. The zero-order chi connectivity index (χ0) is 10.3. The molecule has 78 valence electrons. The number of ketones is 1. The van der Waals surface area contributed by atoms with E-state index in [9.17, 15) is 4.79 Å². The summed E-state index contributed by atoms with van der Waals surface area (Å²) in [6.07, 6.45) is 6.28. The molecule has 1 unspecified atom stereocenters. The van der Waals surface area contributed by atoms with Gasteiger partial charge < -0.3 is 0 Å². The van der Waals surface area contributed by atoms with Crippen LogP contribution in [0, 0.1) is 0 Å². The predicted octanol–water partition coefficient (Wildman–Crippen LogP) is 3.01. The molecule has 2 aliphatic carbocycles. The third kappa shape index (κ3) is 1.33. The lowest BCUT2D eigenvalue weighted by Gasteiger charge is -2.33. The molecule has 1 aromatic rings. The van der Waals surface area contributed by atoms with E-state index in [2.05, 4.69) is 24.3 Å². The van der Waals surface area contributed by atoms with Gasteiger partial charge >= 0.3 is 0 Å². The van der Waals surface area contributed by atoms with Gasteiger partial charge in [-0.1, -0.05) is 24.3 Å². The molecule has 1 heteroatoms. The van der Waals surface area contributed by atoms with E-state index in [1.54, 1.807) is 0 Å². The Morgan fingerprint density at radius 1 is 1.07 bits per heavy atom. The molecule has 0 heterocycles. The molecule has 0 bridgehead atoms. The maximum Gasteiger partial charge on any atom is 0.133 e. The van der Waals surface area contributed by atoms with Crippen molar-refractivity contribution in [2.24, 2.45) is 0 Å². The number of rotatable bonds is 0. The second kappa shape index (κ2) is 3.19. The normalized spacial score (nSPS) is 29.5. The number of hydrogen-bond donors (Lipinski definition) is 0. The molecule has 1 atom stereocenters. The van der Waals surface area contributed by atoms with E-state index in [-0.39, 0.29) is 5.41 Å². The molecule has 1 nitrogen and oxygen atoms in total. The maximum atomic E-state index is 11.6. The second-order valence-electron chi connectivity index (χ2n) is 5.01. The largest absolute Gasteiger partial charge is 0.300 e. The first-order chi connectivity index (χ1) is 7.30. The van der Waals surface area contributed by atoms with Gasteiger partial charge in [-0.2, -0.15) is 0 Å².